The van der Waals surface area contributed by atoms with E-state index in [1.54, 1.807) is 6.07 Å². The lowest BCUT2D eigenvalue weighted by Crippen LogP contribution is -2.09. The van der Waals surface area contributed by atoms with E-state index in [1.807, 2.05) is 12.1 Å². The first kappa shape index (κ1) is 11.0. The Balaban J connectivity index is 2.20. The highest BCUT2D eigenvalue weighted by Gasteiger charge is 2.22. The van der Waals surface area contributed by atoms with Crippen molar-refractivity contribution in [1.82, 2.24) is 0 Å². The number of fused-ring (bicyclic) bond motifs is 1. The van der Waals surface area contributed by atoms with Crippen LogP contribution in [0.25, 0.3) is 0 Å². The zero-order valence-corrected chi connectivity index (χ0v) is 9.10. The second-order valence-electron chi connectivity index (χ2n) is 3.73. The van der Waals surface area contributed by atoms with Crippen LogP contribution in [0.5, 0.6) is 5.75 Å². The lowest BCUT2D eigenvalue weighted by atomic mass is 10.0. The van der Waals surface area contributed by atoms with Crippen LogP contribution in [0.3, 0.4) is 0 Å². The highest BCUT2D eigenvalue weighted by atomic mass is 16.5. The Morgan fingerprint density at radius 1 is 1.62 bits per heavy atom. The Morgan fingerprint density at radius 3 is 3.19 bits per heavy atom. The van der Waals surface area contributed by atoms with Gasteiger partial charge < -0.3 is 14.6 Å². The molecule has 0 saturated carbocycles. The average molecular weight is 222 g/mol. The van der Waals surface area contributed by atoms with E-state index in [-0.39, 0.29) is 6.42 Å². The van der Waals surface area contributed by atoms with Gasteiger partial charge in [0, 0.05) is 12.0 Å². The molecule has 1 aromatic rings. The molecule has 4 heteroatoms. The molecular weight excluding hydrogens is 208 g/mol. The van der Waals surface area contributed by atoms with Crippen LogP contribution >= 0.6 is 0 Å². The molecule has 0 radical (unpaired) electrons. The van der Waals surface area contributed by atoms with E-state index in [2.05, 4.69) is 4.74 Å². The van der Waals surface area contributed by atoms with Crippen LogP contribution in [0.2, 0.25) is 0 Å². The van der Waals surface area contributed by atoms with Crippen LogP contribution in [0.15, 0.2) is 18.2 Å². The van der Waals surface area contributed by atoms with Gasteiger partial charge in [-0.1, -0.05) is 18.2 Å². The number of carbonyl (C=O) groups is 1. The molecule has 0 spiro atoms. The zero-order chi connectivity index (χ0) is 11.5. The molecule has 0 aliphatic carbocycles. The molecule has 1 heterocycles. The number of methoxy groups -OCH3 is 1. The highest BCUT2D eigenvalue weighted by molar-refractivity contribution is 5.70. The third kappa shape index (κ3) is 2.02. The summed E-state index contributed by atoms with van der Waals surface area (Å²) in [5.74, 6) is 0.294. The molecular formula is C12H14O4. The minimum absolute atomic E-state index is 0.0453. The molecule has 0 amide bonds. The zero-order valence-electron chi connectivity index (χ0n) is 9.10. The van der Waals surface area contributed by atoms with Gasteiger partial charge in [0.25, 0.3) is 0 Å². The monoisotopic (exact) mass is 222 g/mol. The largest absolute Gasteiger partial charge is 0.493 e. The van der Waals surface area contributed by atoms with Crippen LogP contribution in [-0.2, 0) is 16.0 Å². The van der Waals surface area contributed by atoms with E-state index < -0.39 is 12.1 Å². The Morgan fingerprint density at radius 2 is 2.44 bits per heavy atom. The third-order valence-electron chi connectivity index (χ3n) is 2.69. The van der Waals surface area contributed by atoms with Crippen LogP contribution in [0.4, 0.5) is 0 Å². The first-order valence-corrected chi connectivity index (χ1v) is 5.22. The molecule has 16 heavy (non-hydrogen) atoms. The molecule has 1 aromatic carbocycles. The SMILES string of the molecule is COC(=O)CC(O)c1cccc2c1OCC2. The normalized spacial score (nSPS) is 15.1. The maximum Gasteiger partial charge on any atom is 0.308 e. The Labute approximate surface area is 93.8 Å². The fourth-order valence-electron chi connectivity index (χ4n) is 1.85. The van der Waals surface area contributed by atoms with Crippen LogP contribution in [-0.4, -0.2) is 24.8 Å². The summed E-state index contributed by atoms with van der Waals surface area (Å²) >= 11 is 0. The standard InChI is InChI=1S/C12H14O4/c1-15-11(14)7-10(13)9-4-2-3-8-5-6-16-12(8)9/h2-4,10,13H,5-7H2,1H3. The van der Waals surface area contributed by atoms with E-state index in [0.717, 1.165) is 17.7 Å². The molecule has 4 nitrogen and oxygen atoms in total. The molecule has 2 rings (SSSR count). The minimum Gasteiger partial charge on any atom is -0.493 e. The van der Waals surface area contributed by atoms with Gasteiger partial charge in [-0.3, -0.25) is 4.79 Å². The maximum atomic E-state index is 11.1. The number of ether oxygens (including phenoxy) is 2. The number of hydrogen-bond acceptors (Lipinski definition) is 4. The van der Waals surface area contributed by atoms with Crippen molar-refractivity contribution >= 4 is 5.97 Å². The Bertz CT molecular complexity index is 400. The minimum atomic E-state index is -0.861. The second kappa shape index (κ2) is 4.53. The number of hydrogen-bond donors (Lipinski definition) is 1. The van der Waals surface area contributed by atoms with E-state index in [1.165, 1.54) is 7.11 Å². The van der Waals surface area contributed by atoms with E-state index >= 15 is 0 Å². The fourth-order valence-corrected chi connectivity index (χ4v) is 1.85. The Kier molecular flexibility index (Phi) is 3.10. The number of rotatable bonds is 3. The van der Waals surface area contributed by atoms with Gasteiger partial charge >= 0.3 is 5.97 Å². The molecule has 86 valence electrons. The summed E-state index contributed by atoms with van der Waals surface area (Å²) in [6, 6.07) is 5.61. The van der Waals surface area contributed by atoms with Crippen LogP contribution < -0.4 is 4.74 Å². The average Bonchev–Trinajstić information content (AvgIpc) is 2.76. The van der Waals surface area contributed by atoms with Crippen molar-refractivity contribution in [2.45, 2.75) is 18.9 Å². The fraction of sp³-hybridized carbons (Fsp3) is 0.417. The van der Waals surface area contributed by atoms with Crippen LogP contribution in [0, 0.1) is 0 Å². The van der Waals surface area contributed by atoms with Crippen molar-refractivity contribution in [1.29, 1.82) is 0 Å². The number of benzene rings is 1. The van der Waals surface area contributed by atoms with Gasteiger partial charge in [-0.25, -0.2) is 0 Å². The summed E-state index contributed by atoms with van der Waals surface area (Å²) in [6.07, 6.45) is -0.0507. The van der Waals surface area contributed by atoms with Crippen molar-refractivity contribution in [3.63, 3.8) is 0 Å². The Hall–Kier alpha value is -1.55. The number of aliphatic hydroxyl groups is 1. The van der Waals surface area contributed by atoms with Crippen molar-refractivity contribution in [2.24, 2.45) is 0 Å². The summed E-state index contributed by atoms with van der Waals surface area (Å²) in [5, 5.41) is 9.91. The van der Waals surface area contributed by atoms with Gasteiger partial charge in [0.1, 0.15) is 5.75 Å². The molecule has 0 aromatic heterocycles. The molecule has 0 saturated heterocycles. The number of carbonyl (C=O) groups excluding carboxylic acids is 1. The molecule has 0 bridgehead atoms. The first-order valence-electron chi connectivity index (χ1n) is 5.22. The van der Waals surface area contributed by atoms with Gasteiger partial charge in [0.2, 0.25) is 0 Å². The predicted molar refractivity (Wildman–Crippen MR) is 57.2 cm³/mol. The van der Waals surface area contributed by atoms with Gasteiger partial charge in [-0.2, -0.15) is 0 Å². The van der Waals surface area contributed by atoms with Crippen molar-refractivity contribution < 1.29 is 19.4 Å². The smallest absolute Gasteiger partial charge is 0.308 e. The van der Waals surface area contributed by atoms with E-state index in [9.17, 15) is 9.90 Å². The molecule has 1 atom stereocenters. The summed E-state index contributed by atoms with van der Waals surface area (Å²) in [5.41, 5.74) is 1.75. The summed E-state index contributed by atoms with van der Waals surface area (Å²) < 4.78 is 9.98. The summed E-state index contributed by atoms with van der Waals surface area (Å²) in [6.45, 7) is 0.636. The lowest BCUT2D eigenvalue weighted by molar-refractivity contribution is -0.142. The van der Waals surface area contributed by atoms with Crippen molar-refractivity contribution in [3.05, 3.63) is 29.3 Å². The van der Waals surface area contributed by atoms with Crippen molar-refractivity contribution in [3.8, 4) is 5.75 Å². The van der Waals surface area contributed by atoms with Gasteiger partial charge in [0.05, 0.1) is 26.2 Å². The second-order valence-corrected chi connectivity index (χ2v) is 3.73. The number of aliphatic hydroxyl groups excluding tert-OH is 1. The predicted octanol–water partition coefficient (Wildman–Crippen LogP) is 1.22. The van der Waals surface area contributed by atoms with E-state index in [4.69, 9.17) is 4.74 Å². The molecule has 1 aliphatic rings. The molecule has 1 aliphatic heterocycles. The first-order chi connectivity index (χ1) is 7.72. The van der Waals surface area contributed by atoms with E-state index in [0.29, 0.717) is 12.2 Å². The summed E-state index contributed by atoms with van der Waals surface area (Å²) in [7, 11) is 1.31. The molecule has 1 N–H and O–H groups in total. The highest BCUT2D eigenvalue weighted by Crippen LogP contribution is 2.34. The maximum absolute atomic E-state index is 11.1. The van der Waals surface area contributed by atoms with Crippen molar-refractivity contribution in [2.75, 3.05) is 13.7 Å². The number of para-hydroxylation sites is 1. The molecule has 0 fully saturated rings. The van der Waals surface area contributed by atoms with Gasteiger partial charge in [-0.05, 0) is 5.56 Å². The van der Waals surface area contributed by atoms with Gasteiger partial charge in [-0.15, -0.1) is 0 Å². The summed E-state index contributed by atoms with van der Waals surface area (Å²) in [4.78, 5) is 11.1. The lowest BCUT2D eigenvalue weighted by Gasteiger charge is -2.13. The topological polar surface area (TPSA) is 55.8 Å². The van der Waals surface area contributed by atoms with Gasteiger partial charge in [0.15, 0.2) is 0 Å². The number of esters is 1. The third-order valence-corrected chi connectivity index (χ3v) is 2.69. The molecule has 1 unspecified atom stereocenters. The quantitative estimate of drug-likeness (QED) is 0.781. The van der Waals surface area contributed by atoms with Crippen LogP contribution in [0.1, 0.15) is 23.7 Å².